The number of para-hydroxylation sites is 1. The van der Waals surface area contributed by atoms with Crippen molar-refractivity contribution in [1.82, 2.24) is 14.9 Å². The maximum absolute atomic E-state index is 12.1. The number of hydrogen-bond acceptors (Lipinski definition) is 4. The standard InChI is InChI=1S/C19H32N4O3S/c1-16-7-4-5-10-18(16)26-13-12-23(3)19(20-2)21-11-14-27(24,25)22-15-17-8-6-9-17/h4-5,7,10,17,22H,6,8-9,11-15H2,1-3H3,(H,20,21). The van der Waals surface area contributed by atoms with Gasteiger partial charge < -0.3 is 15.0 Å². The van der Waals surface area contributed by atoms with E-state index in [0.717, 1.165) is 24.2 Å². The van der Waals surface area contributed by atoms with Crippen molar-refractivity contribution in [3.05, 3.63) is 29.8 Å². The SMILES string of the molecule is CN=C(NCCS(=O)(=O)NCC1CCC1)N(C)CCOc1ccccc1C. The molecule has 0 unspecified atom stereocenters. The van der Waals surface area contributed by atoms with Gasteiger partial charge in [0.15, 0.2) is 5.96 Å². The van der Waals surface area contributed by atoms with Crippen molar-refractivity contribution in [2.45, 2.75) is 26.2 Å². The first-order valence-corrected chi connectivity index (χ1v) is 11.1. The Bertz CT molecular complexity index is 717. The molecule has 1 aliphatic rings. The van der Waals surface area contributed by atoms with E-state index in [4.69, 9.17) is 4.74 Å². The smallest absolute Gasteiger partial charge is 0.213 e. The van der Waals surface area contributed by atoms with Gasteiger partial charge in [-0.1, -0.05) is 24.6 Å². The Kier molecular flexibility index (Phi) is 8.37. The largest absolute Gasteiger partial charge is 0.491 e. The molecule has 1 aliphatic carbocycles. The highest BCUT2D eigenvalue weighted by atomic mass is 32.2. The molecular formula is C19H32N4O3S. The minimum atomic E-state index is -3.25. The predicted octanol–water partition coefficient (Wildman–Crippen LogP) is 1.60. The van der Waals surface area contributed by atoms with E-state index >= 15 is 0 Å². The molecule has 0 radical (unpaired) electrons. The summed E-state index contributed by atoms with van der Waals surface area (Å²) in [6.45, 7) is 4.05. The van der Waals surface area contributed by atoms with Gasteiger partial charge in [0.2, 0.25) is 10.0 Å². The zero-order chi connectivity index (χ0) is 19.7. The van der Waals surface area contributed by atoms with E-state index in [-0.39, 0.29) is 5.75 Å². The Morgan fingerprint density at radius 2 is 2.07 bits per heavy atom. The number of guanidine groups is 1. The fourth-order valence-corrected chi connectivity index (χ4v) is 3.82. The summed E-state index contributed by atoms with van der Waals surface area (Å²) in [5.41, 5.74) is 1.10. The lowest BCUT2D eigenvalue weighted by Crippen LogP contribution is -2.44. The van der Waals surface area contributed by atoms with Gasteiger partial charge in [-0.25, -0.2) is 13.1 Å². The van der Waals surface area contributed by atoms with Crippen LogP contribution in [-0.4, -0.2) is 65.4 Å². The van der Waals surface area contributed by atoms with Crippen molar-refractivity contribution in [3.8, 4) is 5.75 Å². The second kappa shape index (κ2) is 10.5. The molecule has 0 aliphatic heterocycles. The molecule has 2 N–H and O–H groups in total. The topological polar surface area (TPSA) is 83.0 Å². The van der Waals surface area contributed by atoms with Crippen molar-refractivity contribution < 1.29 is 13.2 Å². The zero-order valence-corrected chi connectivity index (χ0v) is 17.4. The van der Waals surface area contributed by atoms with Crippen LogP contribution in [0.3, 0.4) is 0 Å². The fraction of sp³-hybridized carbons (Fsp3) is 0.632. The van der Waals surface area contributed by atoms with E-state index < -0.39 is 10.0 Å². The molecule has 0 saturated heterocycles. The molecule has 1 fully saturated rings. The first kappa shape index (κ1) is 21.5. The van der Waals surface area contributed by atoms with Gasteiger partial charge in [-0.15, -0.1) is 0 Å². The van der Waals surface area contributed by atoms with Crippen LogP contribution in [0.5, 0.6) is 5.75 Å². The molecule has 0 heterocycles. The molecule has 1 aromatic rings. The second-order valence-electron chi connectivity index (χ2n) is 6.97. The fourth-order valence-electron chi connectivity index (χ4n) is 2.81. The summed E-state index contributed by atoms with van der Waals surface area (Å²) in [5.74, 6) is 2.07. The number of aliphatic imine (C=N–C) groups is 1. The molecule has 1 saturated carbocycles. The molecular weight excluding hydrogens is 364 g/mol. The van der Waals surface area contributed by atoms with Crippen LogP contribution in [0, 0.1) is 12.8 Å². The van der Waals surface area contributed by atoms with Crippen LogP contribution in [0.1, 0.15) is 24.8 Å². The summed E-state index contributed by atoms with van der Waals surface area (Å²) in [5, 5.41) is 3.10. The molecule has 2 rings (SSSR count). The molecule has 0 spiro atoms. The van der Waals surface area contributed by atoms with Gasteiger partial charge in [0.1, 0.15) is 12.4 Å². The van der Waals surface area contributed by atoms with Crippen molar-refractivity contribution in [2.75, 3.05) is 46.1 Å². The highest BCUT2D eigenvalue weighted by molar-refractivity contribution is 7.89. The van der Waals surface area contributed by atoms with Crippen LogP contribution >= 0.6 is 0 Å². The third-order valence-electron chi connectivity index (χ3n) is 4.82. The molecule has 0 bridgehead atoms. The highest BCUT2D eigenvalue weighted by Gasteiger charge is 2.20. The second-order valence-corrected chi connectivity index (χ2v) is 8.90. The first-order chi connectivity index (χ1) is 12.9. The Balaban J connectivity index is 1.68. The molecule has 8 heteroatoms. The Labute approximate surface area is 163 Å². The zero-order valence-electron chi connectivity index (χ0n) is 16.6. The van der Waals surface area contributed by atoms with E-state index in [0.29, 0.717) is 38.1 Å². The van der Waals surface area contributed by atoms with Crippen LogP contribution < -0.4 is 14.8 Å². The van der Waals surface area contributed by atoms with E-state index in [9.17, 15) is 8.42 Å². The van der Waals surface area contributed by atoms with E-state index in [2.05, 4.69) is 15.0 Å². The van der Waals surface area contributed by atoms with Crippen LogP contribution in [0.15, 0.2) is 29.3 Å². The average molecular weight is 397 g/mol. The van der Waals surface area contributed by atoms with Crippen molar-refractivity contribution in [3.63, 3.8) is 0 Å². The number of likely N-dealkylation sites (N-methyl/N-ethyl adjacent to an activating group) is 1. The lowest BCUT2D eigenvalue weighted by Gasteiger charge is -2.25. The Morgan fingerprint density at radius 3 is 2.70 bits per heavy atom. The van der Waals surface area contributed by atoms with Gasteiger partial charge >= 0.3 is 0 Å². The van der Waals surface area contributed by atoms with E-state index in [1.807, 2.05) is 43.1 Å². The predicted molar refractivity (Wildman–Crippen MR) is 110 cm³/mol. The molecule has 27 heavy (non-hydrogen) atoms. The van der Waals surface area contributed by atoms with Gasteiger partial charge in [0.05, 0.1) is 12.3 Å². The normalized spacial score (nSPS) is 15.3. The molecule has 152 valence electrons. The van der Waals surface area contributed by atoms with Crippen LogP contribution in [-0.2, 0) is 10.0 Å². The minimum absolute atomic E-state index is 0.0340. The number of benzene rings is 1. The van der Waals surface area contributed by atoms with Crippen LogP contribution in [0.2, 0.25) is 0 Å². The first-order valence-electron chi connectivity index (χ1n) is 9.49. The number of rotatable bonds is 10. The Morgan fingerprint density at radius 1 is 1.33 bits per heavy atom. The summed E-state index contributed by atoms with van der Waals surface area (Å²) >= 11 is 0. The molecule has 0 atom stereocenters. The summed E-state index contributed by atoms with van der Waals surface area (Å²) in [7, 11) is 0.337. The quantitative estimate of drug-likeness (QED) is 0.464. The molecule has 0 aromatic heterocycles. The third kappa shape index (κ3) is 7.38. The Hall–Kier alpha value is -1.80. The minimum Gasteiger partial charge on any atom is -0.491 e. The molecule has 0 amide bonds. The molecule has 7 nitrogen and oxygen atoms in total. The highest BCUT2D eigenvalue weighted by Crippen LogP contribution is 2.25. The number of nitrogens with one attached hydrogen (secondary N) is 2. The summed E-state index contributed by atoms with van der Waals surface area (Å²) in [4.78, 5) is 6.13. The average Bonchev–Trinajstić information content (AvgIpc) is 2.58. The van der Waals surface area contributed by atoms with E-state index in [1.165, 1.54) is 6.42 Å². The van der Waals surface area contributed by atoms with Gasteiger partial charge in [-0.2, -0.15) is 0 Å². The lowest BCUT2D eigenvalue weighted by molar-refractivity contribution is 0.280. The summed E-state index contributed by atoms with van der Waals surface area (Å²) in [6, 6.07) is 7.89. The van der Waals surface area contributed by atoms with Crippen LogP contribution in [0.4, 0.5) is 0 Å². The number of ether oxygens (including phenoxy) is 1. The summed E-state index contributed by atoms with van der Waals surface area (Å²) in [6.07, 6.45) is 3.47. The van der Waals surface area contributed by atoms with Crippen molar-refractivity contribution in [1.29, 1.82) is 0 Å². The molecule has 1 aromatic carbocycles. The maximum Gasteiger partial charge on any atom is 0.213 e. The maximum atomic E-state index is 12.1. The number of hydrogen-bond donors (Lipinski definition) is 2. The van der Waals surface area contributed by atoms with Crippen LogP contribution in [0.25, 0.3) is 0 Å². The van der Waals surface area contributed by atoms with Crippen molar-refractivity contribution in [2.24, 2.45) is 10.9 Å². The number of aryl methyl sites for hydroxylation is 1. The van der Waals surface area contributed by atoms with Gasteiger partial charge in [0.25, 0.3) is 0 Å². The van der Waals surface area contributed by atoms with Gasteiger partial charge in [-0.05, 0) is 37.3 Å². The van der Waals surface area contributed by atoms with Crippen molar-refractivity contribution >= 4 is 16.0 Å². The third-order valence-corrected chi connectivity index (χ3v) is 6.17. The number of nitrogens with zero attached hydrogens (tertiary/aromatic N) is 2. The monoisotopic (exact) mass is 396 g/mol. The van der Waals surface area contributed by atoms with Gasteiger partial charge in [0, 0.05) is 27.2 Å². The number of sulfonamides is 1. The summed E-state index contributed by atoms with van der Waals surface area (Å²) < 4.78 is 32.6. The lowest BCUT2D eigenvalue weighted by atomic mass is 9.86. The van der Waals surface area contributed by atoms with Gasteiger partial charge in [-0.3, -0.25) is 4.99 Å². The van der Waals surface area contributed by atoms with E-state index in [1.54, 1.807) is 7.05 Å².